The molecule has 2 rings (SSSR count). The predicted molar refractivity (Wildman–Crippen MR) is 74.1 cm³/mol. The van der Waals surface area contributed by atoms with Gasteiger partial charge in [0.15, 0.2) is 0 Å². The van der Waals surface area contributed by atoms with Gasteiger partial charge < -0.3 is 15.2 Å². The lowest BCUT2D eigenvalue weighted by Gasteiger charge is -2.16. The van der Waals surface area contributed by atoms with Crippen molar-refractivity contribution in [2.45, 2.75) is 37.9 Å². The molecule has 0 bridgehead atoms. The second kappa shape index (κ2) is 7.08. The highest BCUT2D eigenvalue weighted by Gasteiger charge is 2.16. The van der Waals surface area contributed by atoms with Gasteiger partial charge in [-0.25, -0.2) is 4.39 Å². The topological polar surface area (TPSA) is 41.5 Å². The number of anilines is 1. The Balaban J connectivity index is 1.70. The maximum atomic E-state index is 13.2. The Kier molecular flexibility index (Phi) is 5.43. The van der Waals surface area contributed by atoms with E-state index >= 15 is 0 Å². The summed E-state index contributed by atoms with van der Waals surface area (Å²) in [5.41, 5.74) is 0.599. The minimum Gasteiger partial charge on any atom is -0.389 e. The molecule has 1 aromatic carbocycles. The fraction of sp³-hybridized carbons (Fsp3) is 0.571. The summed E-state index contributed by atoms with van der Waals surface area (Å²) in [6.45, 7) is 0.640. The molecular formula is C14H19ClFNO2. The van der Waals surface area contributed by atoms with Gasteiger partial charge in [0.25, 0.3) is 0 Å². The average molecular weight is 288 g/mol. The molecule has 1 unspecified atom stereocenters. The van der Waals surface area contributed by atoms with Crippen LogP contribution in [0.1, 0.15) is 25.7 Å². The monoisotopic (exact) mass is 287 g/mol. The first-order valence-electron chi connectivity index (χ1n) is 6.64. The zero-order chi connectivity index (χ0) is 13.7. The third-order valence-corrected chi connectivity index (χ3v) is 3.59. The Morgan fingerprint density at radius 3 is 2.84 bits per heavy atom. The quantitative estimate of drug-likeness (QED) is 0.844. The summed E-state index contributed by atoms with van der Waals surface area (Å²) < 4.78 is 18.8. The van der Waals surface area contributed by atoms with E-state index in [1.807, 2.05) is 0 Å². The van der Waals surface area contributed by atoms with Crippen LogP contribution < -0.4 is 5.32 Å². The van der Waals surface area contributed by atoms with Crippen LogP contribution in [-0.2, 0) is 4.74 Å². The molecule has 0 amide bonds. The molecule has 0 heterocycles. The first-order chi connectivity index (χ1) is 9.15. The van der Waals surface area contributed by atoms with E-state index < -0.39 is 11.9 Å². The molecule has 5 heteroatoms. The number of hydrogen-bond donors (Lipinski definition) is 2. The minimum atomic E-state index is -0.598. The molecule has 1 saturated carbocycles. The van der Waals surface area contributed by atoms with Gasteiger partial charge in [-0.1, -0.05) is 24.4 Å². The lowest BCUT2D eigenvalue weighted by Crippen LogP contribution is -2.27. The van der Waals surface area contributed by atoms with Crippen molar-refractivity contribution in [2.24, 2.45) is 0 Å². The molecule has 1 aromatic rings. The number of rotatable bonds is 6. The first-order valence-corrected chi connectivity index (χ1v) is 7.01. The van der Waals surface area contributed by atoms with Crippen molar-refractivity contribution in [1.29, 1.82) is 0 Å². The predicted octanol–water partition coefficient (Wildman–Crippen LogP) is 3.21. The summed E-state index contributed by atoms with van der Waals surface area (Å²) in [4.78, 5) is 0. The zero-order valence-electron chi connectivity index (χ0n) is 10.7. The molecule has 1 aliphatic rings. The molecule has 1 fully saturated rings. The summed E-state index contributed by atoms with van der Waals surface area (Å²) in [5.74, 6) is -0.469. The molecular weight excluding hydrogens is 269 g/mol. The van der Waals surface area contributed by atoms with Crippen molar-refractivity contribution >= 4 is 17.3 Å². The van der Waals surface area contributed by atoms with Gasteiger partial charge >= 0.3 is 0 Å². The van der Waals surface area contributed by atoms with E-state index in [0.29, 0.717) is 24.9 Å². The summed E-state index contributed by atoms with van der Waals surface area (Å²) in [6, 6.07) is 4.48. The van der Waals surface area contributed by atoms with Gasteiger partial charge in [0, 0.05) is 12.2 Å². The molecule has 0 aromatic heterocycles. The lowest BCUT2D eigenvalue weighted by molar-refractivity contribution is -0.00117. The number of benzene rings is 1. The Morgan fingerprint density at radius 2 is 2.16 bits per heavy atom. The average Bonchev–Trinajstić information content (AvgIpc) is 2.91. The Bertz CT molecular complexity index is 410. The summed E-state index contributed by atoms with van der Waals surface area (Å²) >= 11 is 5.59. The number of aliphatic hydroxyl groups is 1. The molecule has 2 N–H and O–H groups in total. The molecule has 0 spiro atoms. The number of ether oxygens (including phenoxy) is 1. The highest BCUT2D eigenvalue weighted by atomic mass is 35.5. The lowest BCUT2D eigenvalue weighted by atomic mass is 10.3. The number of hydrogen-bond acceptors (Lipinski definition) is 3. The van der Waals surface area contributed by atoms with Crippen LogP contribution in [-0.4, -0.2) is 30.5 Å². The standard InChI is InChI=1S/C14H19ClFNO2/c15-13-6-5-10(7-14(13)16)17-8-11(18)9-19-12-3-1-2-4-12/h5-7,11-12,17-18H,1-4,8-9H2. The van der Waals surface area contributed by atoms with Crippen LogP contribution in [0.4, 0.5) is 10.1 Å². The fourth-order valence-electron chi connectivity index (χ4n) is 2.20. The Morgan fingerprint density at radius 1 is 1.42 bits per heavy atom. The van der Waals surface area contributed by atoms with Crippen molar-refractivity contribution < 1.29 is 14.2 Å². The van der Waals surface area contributed by atoms with Crippen LogP contribution in [0.3, 0.4) is 0 Å². The maximum absolute atomic E-state index is 13.2. The third-order valence-electron chi connectivity index (χ3n) is 3.29. The third kappa shape index (κ3) is 4.64. The molecule has 0 saturated heterocycles. The Hall–Kier alpha value is -0.840. The second-order valence-electron chi connectivity index (χ2n) is 4.90. The minimum absolute atomic E-state index is 0.0932. The molecule has 106 valence electrons. The molecule has 3 nitrogen and oxygen atoms in total. The number of nitrogens with one attached hydrogen (secondary N) is 1. The van der Waals surface area contributed by atoms with Crippen LogP contribution >= 0.6 is 11.6 Å². The Labute approximate surface area is 117 Å². The fourth-order valence-corrected chi connectivity index (χ4v) is 2.32. The SMILES string of the molecule is OC(CNc1ccc(Cl)c(F)c1)COC1CCCC1. The van der Waals surface area contributed by atoms with E-state index in [-0.39, 0.29) is 5.02 Å². The zero-order valence-corrected chi connectivity index (χ0v) is 11.5. The van der Waals surface area contributed by atoms with E-state index in [4.69, 9.17) is 16.3 Å². The van der Waals surface area contributed by atoms with Crippen molar-refractivity contribution in [1.82, 2.24) is 0 Å². The van der Waals surface area contributed by atoms with Crippen LogP contribution in [0.15, 0.2) is 18.2 Å². The van der Waals surface area contributed by atoms with Gasteiger partial charge in [0.1, 0.15) is 5.82 Å². The highest BCUT2D eigenvalue weighted by Crippen LogP contribution is 2.21. The van der Waals surface area contributed by atoms with Gasteiger partial charge in [0.2, 0.25) is 0 Å². The van der Waals surface area contributed by atoms with E-state index in [1.54, 1.807) is 6.07 Å². The molecule has 0 aliphatic heterocycles. The van der Waals surface area contributed by atoms with Gasteiger partial charge in [-0.2, -0.15) is 0 Å². The van der Waals surface area contributed by atoms with Gasteiger partial charge in [-0.15, -0.1) is 0 Å². The van der Waals surface area contributed by atoms with E-state index in [0.717, 1.165) is 12.8 Å². The van der Waals surface area contributed by atoms with Crippen molar-refractivity contribution in [2.75, 3.05) is 18.5 Å². The summed E-state index contributed by atoms with van der Waals surface area (Å²) in [7, 11) is 0. The van der Waals surface area contributed by atoms with Crippen LogP contribution in [0.25, 0.3) is 0 Å². The number of aliphatic hydroxyl groups excluding tert-OH is 1. The van der Waals surface area contributed by atoms with E-state index in [1.165, 1.54) is 25.0 Å². The van der Waals surface area contributed by atoms with Gasteiger partial charge in [-0.05, 0) is 31.0 Å². The molecule has 0 radical (unpaired) electrons. The second-order valence-corrected chi connectivity index (χ2v) is 5.31. The van der Waals surface area contributed by atoms with E-state index in [9.17, 15) is 9.50 Å². The van der Waals surface area contributed by atoms with Crippen molar-refractivity contribution in [3.05, 3.63) is 29.0 Å². The van der Waals surface area contributed by atoms with Crippen molar-refractivity contribution in [3.8, 4) is 0 Å². The maximum Gasteiger partial charge on any atom is 0.143 e. The normalized spacial score (nSPS) is 17.6. The molecule has 19 heavy (non-hydrogen) atoms. The van der Waals surface area contributed by atoms with Crippen LogP contribution in [0.2, 0.25) is 5.02 Å². The van der Waals surface area contributed by atoms with E-state index in [2.05, 4.69) is 5.32 Å². The van der Waals surface area contributed by atoms with Gasteiger partial charge in [-0.3, -0.25) is 0 Å². The molecule has 1 atom stereocenters. The summed E-state index contributed by atoms with van der Waals surface area (Å²) in [6.07, 6.45) is 4.29. The van der Waals surface area contributed by atoms with Crippen LogP contribution in [0.5, 0.6) is 0 Å². The first kappa shape index (κ1) is 14.6. The molecule has 1 aliphatic carbocycles. The van der Waals surface area contributed by atoms with Crippen LogP contribution in [0, 0.1) is 5.82 Å². The summed E-state index contributed by atoms with van der Waals surface area (Å²) in [5, 5.41) is 12.8. The van der Waals surface area contributed by atoms with Crippen molar-refractivity contribution in [3.63, 3.8) is 0 Å². The highest BCUT2D eigenvalue weighted by molar-refractivity contribution is 6.30. The number of halogens is 2. The van der Waals surface area contributed by atoms with Gasteiger partial charge in [0.05, 0.1) is 23.8 Å². The largest absolute Gasteiger partial charge is 0.389 e. The smallest absolute Gasteiger partial charge is 0.143 e.